The van der Waals surface area contributed by atoms with Crippen molar-refractivity contribution in [1.29, 1.82) is 0 Å². The van der Waals surface area contributed by atoms with Crippen LogP contribution in [0.2, 0.25) is 0 Å². The zero-order valence-corrected chi connectivity index (χ0v) is 21.2. The summed E-state index contributed by atoms with van der Waals surface area (Å²) in [5.41, 5.74) is 6.17. The molecule has 3 aromatic carbocycles. The van der Waals surface area contributed by atoms with E-state index >= 15 is 0 Å². The zero-order valence-electron chi connectivity index (χ0n) is 21.2. The molecule has 2 amide bonds. The molecule has 0 radical (unpaired) electrons. The maximum absolute atomic E-state index is 13.2. The first-order valence-corrected chi connectivity index (χ1v) is 12.5. The number of benzene rings is 3. The molecule has 0 spiro atoms. The minimum atomic E-state index is -0.193. The van der Waals surface area contributed by atoms with Gasteiger partial charge in [-0.05, 0) is 62.0 Å². The zero-order chi connectivity index (χ0) is 25.5. The number of nitrogens with zero attached hydrogens (tertiary/aromatic N) is 1. The molecule has 6 heteroatoms. The third-order valence-corrected chi connectivity index (χ3v) is 6.13. The molecule has 1 heterocycles. The van der Waals surface area contributed by atoms with Crippen molar-refractivity contribution in [3.63, 3.8) is 0 Å². The van der Waals surface area contributed by atoms with Crippen LogP contribution in [0.25, 0.3) is 11.3 Å². The van der Waals surface area contributed by atoms with Crippen LogP contribution in [0.3, 0.4) is 0 Å². The summed E-state index contributed by atoms with van der Waals surface area (Å²) in [6.07, 6.45) is 3.14. The van der Waals surface area contributed by atoms with E-state index < -0.39 is 0 Å². The van der Waals surface area contributed by atoms with Gasteiger partial charge in [0.1, 0.15) is 0 Å². The summed E-state index contributed by atoms with van der Waals surface area (Å²) in [7, 11) is 4.08. The summed E-state index contributed by atoms with van der Waals surface area (Å²) in [6.45, 7) is 3.63. The van der Waals surface area contributed by atoms with Gasteiger partial charge >= 0.3 is 0 Å². The first-order valence-electron chi connectivity index (χ1n) is 12.5. The highest BCUT2D eigenvalue weighted by atomic mass is 16.2. The van der Waals surface area contributed by atoms with Crippen LogP contribution in [0.1, 0.15) is 53.2 Å². The molecule has 0 aromatic heterocycles. The van der Waals surface area contributed by atoms with E-state index in [1.54, 1.807) is 12.1 Å². The smallest absolute Gasteiger partial charge is 0.258 e. The van der Waals surface area contributed by atoms with E-state index in [2.05, 4.69) is 39.9 Å². The summed E-state index contributed by atoms with van der Waals surface area (Å²) >= 11 is 0. The Bertz CT molecular complexity index is 1250. The lowest BCUT2D eigenvalue weighted by Gasteiger charge is -2.16. The Labute approximate surface area is 213 Å². The molecular weight excluding hydrogens is 448 g/mol. The quantitative estimate of drug-likeness (QED) is 0.260. The lowest BCUT2D eigenvalue weighted by atomic mass is 9.98. The lowest BCUT2D eigenvalue weighted by Crippen LogP contribution is -2.24. The van der Waals surface area contributed by atoms with Crippen LogP contribution in [0.4, 0.5) is 11.4 Å². The van der Waals surface area contributed by atoms with Crippen LogP contribution in [0.5, 0.6) is 0 Å². The molecule has 36 heavy (non-hydrogen) atoms. The van der Waals surface area contributed by atoms with Gasteiger partial charge in [0.15, 0.2) is 0 Å². The van der Waals surface area contributed by atoms with Crippen LogP contribution in [-0.4, -0.2) is 37.4 Å². The van der Waals surface area contributed by atoms with E-state index in [9.17, 15) is 9.59 Å². The fraction of sp³-hybridized carbons (Fsp3) is 0.267. The second-order valence-electron chi connectivity index (χ2n) is 9.35. The van der Waals surface area contributed by atoms with E-state index in [-0.39, 0.29) is 11.8 Å². The highest BCUT2D eigenvalue weighted by molar-refractivity contribution is 6.37. The maximum Gasteiger partial charge on any atom is 0.258 e. The minimum absolute atomic E-state index is 0.127. The first-order chi connectivity index (χ1) is 17.5. The summed E-state index contributed by atoms with van der Waals surface area (Å²) in [6, 6.07) is 23.4. The number of nitrogens with one attached hydrogen (secondary N) is 3. The van der Waals surface area contributed by atoms with Crippen LogP contribution in [0.15, 0.2) is 72.8 Å². The van der Waals surface area contributed by atoms with Gasteiger partial charge in [0.2, 0.25) is 0 Å². The summed E-state index contributed by atoms with van der Waals surface area (Å²) < 4.78 is 0. The molecule has 1 aliphatic rings. The van der Waals surface area contributed by atoms with Gasteiger partial charge in [-0.1, -0.05) is 62.2 Å². The van der Waals surface area contributed by atoms with Gasteiger partial charge in [0.25, 0.3) is 11.8 Å². The van der Waals surface area contributed by atoms with Crippen molar-refractivity contribution < 1.29 is 9.59 Å². The monoisotopic (exact) mass is 482 g/mol. The average Bonchev–Trinajstić information content (AvgIpc) is 3.21. The Balaban J connectivity index is 1.70. The number of fused-ring (bicyclic) bond motifs is 1. The summed E-state index contributed by atoms with van der Waals surface area (Å²) in [4.78, 5) is 28.1. The molecule has 0 fully saturated rings. The number of unbranched alkanes of at least 4 members (excludes halogenated alkanes) is 2. The van der Waals surface area contributed by atoms with Crippen LogP contribution < -0.4 is 16.0 Å². The van der Waals surface area contributed by atoms with Crippen LogP contribution in [0, 0.1) is 0 Å². The maximum atomic E-state index is 13.2. The molecule has 4 rings (SSSR count). The summed E-state index contributed by atoms with van der Waals surface area (Å²) in [5.74, 6) is -0.320. The molecule has 3 aromatic rings. The standard InChI is InChI=1S/C30H34N4O2/c1-4-5-9-18-31-29(35)23-14-17-26-25(19-23)27(30(36)33-26)28(22-10-7-6-8-11-22)32-24-15-12-21(13-16-24)20-34(2)3/h6-8,10-17,19,32H,4-5,9,18,20H2,1-3H3,(H,31,35)(H,33,36). The lowest BCUT2D eigenvalue weighted by molar-refractivity contribution is -0.110. The molecule has 6 nitrogen and oxygen atoms in total. The predicted octanol–water partition coefficient (Wildman–Crippen LogP) is 5.60. The largest absolute Gasteiger partial charge is 0.354 e. The van der Waals surface area contributed by atoms with Crippen molar-refractivity contribution in [3.05, 3.63) is 95.1 Å². The third-order valence-electron chi connectivity index (χ3n) is 6.13. The van der Waals surface area contributed by atoms with E-state index in [1.165, 1.54) is 5.56 Å². The van der Waals surface area contributed by atoms with Gasteiger partial charge in [0, 0.05) is 35.6 Å². The van der Waals surface area contributed by atoms with Gasteiger partial charge in [0.05, 0.1) is 11.3 Å². The molecule has 186 valence electrons. The van der Waals surface area contributed by atoms with E-state index in [1.807, 2.05) is 62.6 Å². The Morgan fingerprint density at radius 3 is 2.36 bits per heavy atom. The number of rotatable bonds is 10. The first kappa shape index (κ1) is 25.2. The molecule has 0 aliphatic carbocycles. The van der Waals surface area contributed by atoms with E-state index in [0.29, 0.717) is 29.1 Å². The van der Waals surface area contributed by atoms with Crippen molar-refractivity contribution >= 4 is 34.5 Å². The topological polar surface area (TPSA) is 73.5 Å². The molecule has 0 saturated carbocycles. The van der Waals surface area contributed by atoms with Crippen molar-refractivity contribution in [3.8, 4) is 0 Å². The Morgan fingerprint density at radius 2 is 1.67 bits per heavy atom. The van der Waals surface area contributed by atoms with Gasteiger partial charge in [-0.3, -0.25) is 9.59 Å². The molecular formula is C30H34N4O2. The fourth-order valence-corrected chi connectivity index (χ4v) is 4.32. The highest BCUT2D eigenvalue weighted by Crippen LogP contribution is 2.38. The van der Waals surface area contributed by atoms with Gasteiger partial charge in [-0.25, -0.2) is 0 Å². The molecule has 0 unspecified atom stereocenters. The molecule has 3 N–H and O–H groups in total. The van der Waals surface area contributed by atoms with Gasteiger partial charge < -0.3 is 20.9 Å². The molecule has 0 atom stereocenters. The normalized spacial score (nSPS) is 13.8. The fourth-order valence-electron chi connectivity index (χ4n) is 4.32. The SMILES string of the molecule is CCCCCNC(=O)c1ccc2c(c1)C(=C(Nc1ccc(CN(C)C)cc1)c1ccccc1)C(=O)N2. The average molecular weight is 483 g/mol. The third kappa shape index (κ3) is 6.01. The van der Waals surface area contributed by atoms with Crippen molar-refractivity contribution in [2.24, 2.45) is 0 Å². The highest BCUT2D eigenvalue weighted by Gasteiger charge is 2.29. The van der Waals surface area contributed by atoms with Gasteiger partial charge in [-0.2, -0.15) is 0 Å². The number of amides is 2. The van der Waals surface area contributed by atoms with Crippen LogP contribution in [-0.2, 0) is 11.3 Å². The van der Waals surface area contributed by atoms with E-state index in [4.69, 9.17) is 0 Å². The second kappa shape index (κ2) is 11.7. The molecule has 1 aliphatic heterocycles. The van der Waals surface area contributed by atoms with Gasteiger partial charge in [-0.15, -0.1) is 0 Å². The second-order valence-corrected chi connectivity index (χ2v) is 9.35. The number of hydrogen-bond donors (Lipinski definition) is 3. The minimum Gasteiger partial charge on any atom is -0.354 e. The number of anilines is 2. The van der Waals surface area contributed by atoms with E-state index in [0.717, 1.165) is 42.6 Å². The number of hydrogen-bond acceptors (Lipinski definition) is 4. The number of carbonyl (C=O) groups is 2. The van der Waals surface area contributed by atoms with Crippen LogP contribution >= 0.6 is 0 Å². The molecule has 0 saturated heterocycles. The Kier molecular flexibility index (Phi) is 8.18. The predicted molar refractivity (Wildman–Crippen MR) is 148 cm³/mol. The molecule has 0 bridgehead atoms. The van der Waals surface area contributed by atoms with Crippen molar-refractivity contribution in [2.75, 3.05) is 31.3 Å². The Morgan fingerprint density at radius 1 is 0.917 bits per heavy atom. The summed E-state index contributed by atoms with van der Waals surface area (Å²) in [5, 5.41) is 9.45. The van der Waals surface area contributed by atoms with Crippen molar-refractivity contribution in [2.45, 2.75) is 32.7 Å². The Hall–Kier alpha value is -3.90. The number of carbonyl (C=O) groups excluding carboxylic acids is 2. The van der Waals surface area contributed by atoms with Crippen molar-refractivity contribution in [1.82, 2.24) is 10.2 Å².